The van der Waals surface area contributed by atoms with E-state index >= 15 is 0 Å². The molecule has 3 heterocycles. The SMILES string of the molecule is CC(=O)NCCNc1nc(-c2ccccc2)nc2[nH]c(C(=O)N3CCN(CCc4ccccc4)CC3)cc12. The highest BCUT2D eigenvalue weighted by Gasteiger charge is 2.24. The highest BCUT2D eigenvalue weighted by atomic mass is 16.2. The predicted molar refractivity (Wildman–Crippen MR) is 149 cm³/mol. The third-order valence-electron chi connectivity index (χ3n) is 6.76. The average molecular weight is 512 g/mol. The molecule has 0 atom stereocenters. The van der Waals surface area contributed by atoms with Gasteiger partial charge >= 0.3 is 0 Å². The maximum absolute atomic E-state index is 13.4. The second-order valence-corrected chi connectivity index (χ2v) is 9.49. The van der Waals surface area contributed by atoms with Gasteiger partial charge in [-0.15, -0.1) is 0 Å². The normalized spacial score (nSPS) is 14.0. The van der Waals surface area contributed by atoms with Crippen molar-refractivity contribution in [1.82, 2.24) is 30.1 Å². The zero-order valence-electron chi connectivity index (χ0n) is 21.6. The fourth-order valence-corrected chi connectivity index (χ4v) is 4.67. The molecule has 0 saturated carbocycles. The number of rotatable bonds is 9. The van der Waals surface area contributed by atoms with Gasteiger partial charge in [-0.05, 0) is 18.1 Å². The number of hydrogen-bond donors (Lipinski definition) is 3. The fraction of sp³-hybridized carbons (Fsp3) is 0.310. The van der Waals surface area contributed by atoms with E-state index in [0.717, 1.165) is 37.0 Å². The van der Waals surface area contributed by atoms with Crippen molar-refractivity contribution in [2.24, 2.45) is 0 Å². The van der Waals surface area contributed by atoms with Gasteiger partial charge in [-0.1, -0.05) is 60.7 Å². The van der Waals surface area contributed by atoms with Gasteiger partial charge in [0.15, 0.2) is 5.82 Å². The summed E-state index contributed by atoms with van der Waals surface area (Å²) in [6, 6.07) is 22.1. The first-order chi connectivity index (χ1) is 18.6. The minimum absolute atomic E-state index is 0.0313. The molecule has 0 bridgehead atoms. The molecule has 9 heteroatoms. The van der Waals surface area contributed by atoms with Crippen LogP contribution in [0, 0.1) is 0 Å². The molecule has 5 rings (SSSR count). The number of amides is 2. The monoisotopic (exact) mass is 511 g/mol. The quantitative estimate of drug-likeness (QED) is 0.298. The van der Waals surface area contributed by atoms with Crippen molar-refractivity contribution in [3.63, 3.8) is 0 Å². The summed E-state index contributed by atoms with van der Waals surface area (Å²) in [5.74, 6) is 1.07. The molecule has 4 aromatic rings. The molecule has 0 aliphatic carbocycles. The molecule has 0 radical (unpaired) electrons. The van der Waals surface area contributed by atoms with Crippen LogP contribution in [-0.2, 0) is 11.2 Å². The van der Waals surface area contributed by atoms with Gasteiger partial charge in [0.25, 0.3) is 5.91 Å². The zero-order chi connectivity index (χ0) is 26.3. The van der Waals surface area contributed by atoms with E-state index in [1.54, 1.807) is 0 Å². The molecule has 1 fully saturated rings. The summed E-state index contributed by atoms with van der Waals surface area (Å²) in [7, 11) is 0. The first-order valence-electron chi connectivity index (χ1n) is 13.1. The van der Waals surface area contributed by atoms with Gasteiger partial charge in [0.2, 0.25) is 5.91 Å². The Morgan fingerprint density at radius 1 is 0.921 bits per heavy atom. The number of benzene rings is 2. The molecule has 196 valence electrons. The minimum atomic E-state index is -0.0840. The van der Waals surface area contributed by atoms with Gasteiger partial charge < -0.3 is 20.5 Å². The van der Waals surface area contributed by atoms with Crippen molar-refractivity contribution in [2.75, 3.05) is 51.1 Å². The van der Waals surface area contributed by atoms with E-state index in [-0.39, 0.29) is 11.8 Å². The lowest BCUT2D eigenvalue weighted by atomic mass is 10.1. The summed E-state index contributed by atoms with van der Waals surface area (Å²) in [5.41, 5.74) is 3.32. The van der Waals surface area contributed by atoms with Crippen molar-refractivity contribution in [1.29, 1.82) is 0 Å². The van der Waals surface area contributed by atoms with Crippen molar-refractivity contribution in [3.05, 3.63) is 78.0 Å². The molecule has 1 saturated heterocycles. The summed E-state index contributed by atoms with van der Waals surface area (Å²) in [4.78, 5) is 41.7. The highest BCUT2D eigenvalue weighted by molar-refractivity contribution is 6.00. The molecule has 2 amide bonds. The molecule has 1 aliphatic heterocycles. The molecule has 2 aromatic heterocycles. The Bertz CT molecular complexity index is 1380. The molecule has 1 aliphatic rings. The number of piperazine rings is 1. The van der Waals surface area contributed by atoms with E-state index in [2.05, 4.69) is 44.8 Å². The molecule has 0 spiro atoms. The van der Waals surface area contributed by atoms with Gasteiger partial charge in [0.1, 0.15) is 17.2 Å². The van der Waals surface area contributed by atoms with E-state index in [0.29, 0.717) is 49.2 Å². The average Bonchev–Trinajstić information content (AvgIpc) is 3.39. The van der Waals surface area contributed by atoms with Crippen LogP contribution in [0.5, 0.6) is 0 Å². The maximum atomic E-state index is 13.4. The molecular formula is C29H33N7O2. The number of carbonyl (C=O) groups is 2. The van der Waals surface area contributed by atoms with E-state index in [4.69, 9.17) is 9.97 Å². The third-order valence-corrected chi connectivity index (χ3v) is 6.76. The van der Waals surface area contributed by atoms with Crippen LogP contribution >= 0.6 is 0 Å². The zero-order valence-corrected chi connectivity index (χ0v) is 21.6. The Morgan fingerprint density at radius 2 is 1.63 bits per heavy atom. The number of carbonyl (C=O) groups excluding carboxylic acids is 2. The summed E-state index contributed by atoms with van der Waals surface area (Å²) in [5, 5.41) is 6.83. The number of aromatic nitrogens is 3. The summed E-state index contributed by atoms with van der Waals surface area (Å²) >= 11 is 0. The lowest BCUT2D eigenvalue weighted by Gasteiger charge is -2.34. The fourth-order valence-electron chi connectivity index (χ4n) is 4.67. The summed E-state index contributed by atoms with van der Waals surface area (Å²) in [6.45, 7) is 6.52. The maximum Gasteiger partial charge on any atom is 0.270 e. The highest BCUT2D eigenvalue weighted by Crippen LogP contribution is 2.26. The number of nitrogens with zero attached hydrogens (tertiary/aromatic N) is 4. The summed E-state index contributed by atoms with van der Waals surface area (Å²) in [6.07, 6.45) is 1.01. The molecule has 38 heavy (non-hydrogen) atoms. The largest absolute Gasteiger partial charge is 0.368 e. The number of anilines is 1. The van der Waals surface area contributed by atoms with Crippen LogP contribution in [0.3, 0.4) is 0 Å². The Labute approximate surface area is 222 Å². The molecule has 2 aromatic carbocycles. The Balaban J connectivity index is 1.29. The number of nitrogens with one attached hydrogen (secondary N) is 3. The number of aromatic amines is 1. The van der Waals surface area contributed by atoms with E-state index in [9.17, 15) is 9.59 Å². The topological polar surface area (TPSA) is 106 Å². The number of fused-ring (bicyclic) bond motifs is 1. The van der Waals surface area contributed by atoms with Crippen molar-refractivity contribution in [2.45, 2.75) is 13.3 Å². The lowest BCUT2D eigenvalue weighted by molar-refractivity contribution is -0.118. The van der Waals surface area contributed by atoms with Gasteiger partial charge in [0.05, 0.1) is 5.39 Å². The number of H-pyrrole nitrogens is 1. The van der Waals surface area contributed by atoms with Crippen LogP contribution in [0.15, 0.2) is 66.7 Å². The Morgan fingerprint density at radius 3 is 2.34 bits per heavy atom. The molecule has 3 N–H and O–H groups in total. The van der Waals surface area contributed by atoms with Gasteiger partial charge in [-0.3, -0.25) is 14.5 Å². The smallest absolute Gasteiger partial charge is 0.270 e. The van der Waals surface area contributed by atoms with Crippen LogP contribution in [0.1, 0.15) is 23.0 Å². The van der Waals surface area contributed by atoms with Gasteiger partial charge in [-0.2, -0.15) is 0 Å². The minimum Gasteiger partial charge on any atom is -0.368 e. The Hall–Kier alpha value is -4.24. The molecule has 9 nitrogen and oxygen atoms in total. The Kier molecular flexibility index (Phi) is 7.94. The molecular weight excluding hydrogens is 478 g/mol. The predicted octanol–water partition coefficient (Wildman–Crippen LogP) is 3.17. The number of hydrogen-bond acceptors (Lipinski definition) is 6. The van der Waals surface area contributed by atoms with Crippen LogP contribution in [-0.4, -0.2) is 82.4 Å². The van der Waals surface area contributed by atoms with E-state index in [1.165, 1.54) is 12.5 Å². The van der Waals surface area contributed by atoms with Gasteiger partial charge in [-0.25, -0.2) is 9.97 Å². The van der Waals surface area contributed by atoms with Crippen LogP contribution in [0.4, 0.5) is 5.82 Å². The first-order valence-corrected chi connectivity index (χ1v) is 13.1. The first kappa shape index (κ1) is 25.4. The summed E-state index contributed by atoms with van der Waals surface area (Å²) < 4.78 is 0. The van der Waals surface area contributed by atoms with Crippen LogP contribution < -0.4 is 10.6 Å². The molecule has 0 unspecified atom stereocenters. The van der Waals surface area contributed by atoms with Crippen LogP contribution in [0.2, 0.25) is 0 Å². The standard InChI is InChI=1S/C29H33N7O2/c1-21(37)30-13-14-31-27-24-20-25(32-28(24)34-26(33-27)23-10-6-3-7-11-23)29(38)36-18-16-35(17-19-36)15-12-22-8-4-2-5-9-22/h2-11,20H,12-19H2,1H3,(H,30,37)(H2,31,32,33,34). The second-order valence-electron chi connectivity index (χ2n) is 9.49. The van der Waals surface area contributed by atoms with E-state index < -0.39 is 0 Å². The van der Waals surface area contributed by atoms with Crippen molar-refractivity contribution in [3.8, 4) is 11.4 Å². The van der Waals surface area contributed by atoms with E-state index in [1.807, 2.05) is 47.4 Å². The van der Waals surface area contributed by atoms with Gasteiger partial charge in [0, 0.05) is 58.3 Å². The van der Waals surface area contributed by atoms with Crippen molar-refractivity contribution >= 4 is 28.7 Å². The van der Waals surface area contributed by atoms with Crippen LogP contribution in [0.25, 0.3) is 22.4 Å². The second kappa shape index (κ2) is 11.9. The van der Waals surface area contributed by atoms with Crippen molar-refractivity contribution < 1.29 is 9.59 Å². The lowest BCUT2D eigenvalue weighted by Crippen LogP contribution is -2.49. The third kappa shape index (κ3) is 6.18.